The van der Waals surface area contributed by atoms with E-state index in [1.807, 2.05) is 11.8 Å². The van der Waals surface area contributed by atoms with Crippen LogP contribution < -0.4 is 10.1 Å². The minimum absolute atomic E-state index is 0.760. The van der Waals surface area contributed by atoms with Gasteiger partial charge in [0.05, 0.1) is 7.11 Å². The molecule has 1 aliphatic carbocycles. The van der Waals surface area contributed by atoms with Crippen LogP contribution in [0.1, 0.15) is 31.2 Å². The van der Waals surface area contributed by atoms with Gasteiger partial charge in [0, 0.05) is 6.04 Å². The second-order valence-electron chi connectivity index (χ2n) is 5.74. The summed E-state index contributed by atoms with van der Waals surface area (Å²) < 4.78 is 5.23. The molecule has 1 saturated carbocycles. The summed E-state index contributed by atoms with van der Waals surface area (Å²) in [5, 5.41) is 3.69. The van der Waals surface area contributed by atoms with Gasteiger partial charge in [0.1, 0.15) is 5.75 Å². The van der Waals surface area contributed by atoms with Crippen LogP contribution in [-0.4, -0.2) is 31.7 Å². The van der Waals surface area contributed by atoms with E-state index < -0.39 is 0 Å². The molecule has 0 spiro atoms. The SMILES string of the molecule is COc1ccc(CC(CCCSC)CNC2CC2)cc1. The second-order valence-corrected chi connectivity index (χ2v) is 6.72. The summed E-state index contributed by atoms with van der Waals surface area (Å²) >= 11 is 1.95. The van der Waals surface area contributed by atoms with Gasteiger partial charge in [0.15, 0.2) is 0 Å². The Kier molecular flexibility index (Phi) is 6.74. The normalized spacial score (nSPS) is 16.1. The van der Waals surface area contributed by atoms with E-state index >= 15 is 0 Å². The standard InChI is InChI=1S/C17H27NOS/c1-19-17-9-5-14(6-10-17)12-15(4-3-11-20-2)13-18-16-7-8-16/h5-6,9-10,15-16,18H,3-4,7-8,11-13H2,1-2H3. The molecule has 0 saturated heterocycles. The maximum Gasteiger partial charge on any atom is 0.118 e. The molecular weight excluding hydrogens is 266 g/mol. The Bertz CT molecular complexity index is 375. The number of rotatable bonds is 10. The van der Waals surface area contributed by atoms with Gasteiger partial charge in [0.2, 0.25) is 0 Å². The van der Waals surface area contributed by atoms with Gasteiger partial charge < -0.3 is 10.1 Å². The highest BCUT2D eigenvalue weighted by Crippen LogP contribution is 2.22. The molecule has 0 aromatic heterocycles. The molecule has 0 amide bonds. The Morgan fingerprint density at radius 2 is 2.05 bits per heavy atom. The molecule has 1 fully saturated rings. The van der Waals surface area contributed by atoms with Crippen LogP contribution in [0, 0.1) is 5.92 Å². The van der Waals surface area contributed by atoms with Gasteiger partial charge in [-0.15, -0.1) is 0 Å². The van der Waals surface area contributed by atoms with Crippen LogP contribution in [0.4, 0.5) is 0 Å². The number of hydrogen-bond acceptors (Lipinski definition) is 3. The van der Waals surface area contributed by atoms with E-state index in [4.69, 9.17) is 4.74 Å². The van der Waals surface area contributed by atoms with E-state index in [0.29, 0.717) is 0 Å². The van der Waals surface area contributed by atoms with Gasteiger partial charge in [-0.25, -0.2) is 0 Å². The van der Waals surface area contributed by atoms with Crippen molar-refractivity contribution in [1.29, 1.82) is 0 Å². The highest BCUT2D eigenvalue weighted by Gasteiger charge is 2.21. The molecule has 112 valence electrons. The van der Waals surface area contributed by atoms with Crippen molar-refractivity contribution in [2.45, 2.75) is 38.1 Å². The first kappa shape index (κ1) is 15.7. The van der Waals surface area contributed by atoms with E-state index in [2.05, 4.69) is 35.8 Å². The lowest BCUT2D eigenvalue weighted by Gasteiger charge is -2.18. The zero-order chi connectivity index (χ0) is 14.2. The molecule has 20 heavy (non-hydrogen) atoms. The number of methoxy groups -OCH3 is 1. The first-order valence-corrected chi connectivity index (χ1v) is 9.06. The van der Waals surface area contributed by atoms with Crippen molar-refractivity contribution in [3.63, 3.8) is 0 Å². The summed E-state index contributed by atoms with van der Waals surface area (Å²) in [5.74, 6) is 2.99. The fourth-order valence-electron chi connectivity index (χ4n) is 2.51. The molecule has 0 radical (unpaired) electrons. The van der Waals surface area contributed by atoms with Crippen LogP contribution >= 0.6 is 11.8 Å². The predicted molar refractivity (Wildman–Crippen MR) is 88.8 cm³/mol. The predicted octanol–water partition coefficient (Wildman–Crippen LogP) is 3.75. The summed E-state index contributed by atoms with van der Waals surface area (Å²) in [7, 11) is 1.72. The molecule has 1 aliphatic rings. The minimum atomic E-state index is 0.760. The molecule has 1 aromatic rings. The van der Waals surface area contributed by atoms with E-state index in [0.717, 1.165) is 17.7 Å². The van der Waals surface area contributed by atoms with Crippen LogP contribution in [0.3, 0.4) is 0 Å². The van der Waals surface area contributed by atoms with Gasteiger partial charge in [-0.2, -0.15) is 11.8 Å². The van der Waals surface area contributed by atoms with Crippen molar-refractivity contribution in [2.24, 2.45) is 5.92 Å². The Morgan fingerprint density at radius 1 is 1.30 bits per heavy atom. The molecule has 3 heteroatoms. The van der Waals surface area contributed by atoms with E-state index in [1.165, 1.54) is 50.0 Å². The molecule has 2 nitrogen and oxygen atoms in total. The lowest BCUT2D eigenvalue weighted by molar-refractivity contribution is 0.413. The van der Waals surface area contributed by atoms with Crippen molar-refractivity contribution in [1.82, 2.24) is 5.32 Å². The Hall–Kier alpha value is -0.670. The highest BCUT2D eigenvalue weighted by molar-refractivity contribution is 7.98. The summed E-state index contributed by atoms with van der Waals surface area (Å²) in [6.07, 6.45) is 8.78. The van der Waals surface area contributed by atoms with Crippen molar-refractivity contribution in [2.75, 3.05) is 25.7 Å². The van der Waals surface area contributed by atoms with Crippen molar-refractivity contribution < 1.29 is 4.74 Å². The third-order valence-corrected chi connectivity index (χ3v) is 4.61. The molecule has 0 bridgehead atoms. The van der Waals surface area contributed by atoms with Crippen molar-refractivity contribution in [3.8, 4) is 5.75 Å². The molecule has 0 heterocycles. The average Bonchev–Trinajstić information content (AvgIpc) is 3.30. The summed E-state index contributed by atoms with van der Waals surface area (Å²) in [6.45, 7) is 1.17. The lowest BCUT2D eigenvalue weighted by Crippen LogP contribution is -2.26. The third kappa shape index (κ3) is 5.76. The van der Waals surface area contributed by atoms with Gasteiger partial charge in [-0.3, -0.25) is 0 Å². The fourth-order valence-corrected chi connectivity index (χ4v) is 2.96. The first-order valence-electron chi connectivity index (χ1n) is 7.67. The number of hydrogen-bond donors (Lipinski definition) is 1. The first-order chi connectivity index (χ1) is 9.81. The number of nitrogens with one attached hydrogen (secondary N) is 1. The summed E-state index contributed by atoms with van der Waals surface area (Å²) in [6, 6.07) is 9.37. The summed E-state index contributed by atoms with van der Waals surface area (Å²) in [5.41, 5.74) is 1.43. The fraction of sp³-hybridized carbons (Fsp3) is 0.647. The Labute approximate surface area is 127 Å². The monoisotopic (exact) mass is 293 g/mol. The molecule has 0 aliphatic heterocycles. The van der Waals surface area contributed by atoms with Crippen LogP contribution in [0.5, 0.6) is 5.75 Å². The van der Waals surface area contributed by atoms with Gasteiger partial charge in [0.25, 0.3) is 0 Å². The molecule has 1 N–H and O–H groups in total. The van der Waals surface area contributed by atoms with Crippen molar-refractivity contribution >= 4 is 11.8 Å². The van der Waals surface area contributed by atoms with E-state index in [1.54, 1.807) is 7.11 Å². The van der Waals surface area contributed by atoms with Crippen LogP contribution in [0.25, 0.3) is 0 Å². The zero-order valence-corrected chi connectivity index (χ0v) is 13.5. The van der Waals surface area contributed by atoms with Crippen LogP contribution in [0.2, 0.25) is 0 Å². The van der Waals surface area contributed by atoms with Crippen LogP contribution in [-0.2, 0) is 6.42 Å². The molecule has 1 aromatic carbocycles. The molecule has 1 atom stereocenters. The smallest absolute Gasteiger partial charge is 0.118 e. The molecular formula is C17H27NOS. The largest absolute Gasteiger partial charge is 0.497 e. The van der Waals surface area contributed by atoms with Gasteiger partial charge >= 0.3 is 0 Å². The lowest BCUT2D eigenvalue weighted by atomic mass is 9.95. The maximum absolute atomic E-state index is 5.23. The van der Waals surface area contributed by atoms with Crippen LogP contribution in [0.15, 0.2) is 24.3 Å². The number of ether oxygens (including phenoxy) is 1. The van der Waals surface area contributed by atoms with Gasteiger partial charge in [-0.05, 0) is 74.3 Å². The second kappa shape index (κ2) is 8.58. The average molecular weight is 293 g/mol. The molecule has 1 unspecified atom stereocenters. The minimum Gasteiger partial charge on any atom is -0.497 e. The van der Waals surface area contributed by atoms with E-state index in [9.17, 15) is 0 Å². The Morgan fingerprint density at radius 3 is 2.65 bits per heavy atom. The topological polar surface area (TPSA) is 21.3 Å². The van der Waals surface area contributed by atoms with E-state index in [-0.39, 0.29) is 0 Å². The van der Waals surface area contributed by atoms with Gasteiger partial charge in [-0.1, -0.05) is 12.1 Å². The maximum atomic E-state index is 5.23. The molecule has 2 rings (SSSR count). The number of benzene rings is 1. The highest BCUT2D eigenvalue weighted by atomic mass is 32.2. The zero-order valence-electron chi connectivity index (χ0n) is 12.7. The quantitative estimate of drug-likeness (QED) is 0.664. The third-order valence-electron chi connectivity index (χ3n) is 3.92. The summed E-state index contributed by atoms with van der Waals surface area (Å²) in [4.78, 5) is 0. The number of thioether (sulfide) groups is 1. The van der Waals surface area contributed by atoms with Crippen molar-refractivity contribution in [3.05, 3.63) is 29.8 Å². The Balaban J connectivity index is 1.82.